The van der Waals surface area contributed by atoms with Crippen LogP contribution in [0.25, 0.3) is 0 Å². The van der Waals surface area contributed by atoms with Crippen LogP contribution >= 0.6 is 12.0 Å². The lowest BCUT2D eigenvalue weighted by molar-refractivity contribution is -0.208. The van der Waals surface area contributed by atoms with Gasteiger partial charge in [-0.25, -0.2) is 13.3 Å². The number of nitrogens with one attached hydrogen (secondary N) is 1. The quantitative estimate of drug-likeness (QED) is 0.389. The molecule has 0 spiro atoms. The van der Waals surface area contributed by atoms with Crippen LogP contribution in [0.2, 0.25) is 0 Å². The SMILES string of the molecule is COC(=N)CSOC(=O)N(C)S(=O)OCC1COC(c2ccccc2)OC1. The number of ether oxygens (including phenoxy) is 3. The van der Waals surface area contributed by atoms with E-state index in [0.717, 1.165) is 9.87 Å². The maximum Gasteiger partial charge on any atom is 0.435 e. The maximum absolute atomic E-state index is 12.0. The molecule has 1 aromatic carbocycles. The molecular formula is C16H22N2O7S2. The third-order valence-electron chi connectivity index (χ3n) is 3.49. The van der Waals surface area contributed by atoms with E-state index in [1.54, 1.807) is 0 Å². The first-order valence-corrected chi connectivity index (χ1v) is 9.97. The summed E-state index contributed by atoms with van der Waals surface area (Å²) < 4.78 is 38.8. The van der Waals surface area contributed by atoms with Gasteiger partial charge in [0.15, 0.2) is 12.2 Å². The van der Waals surface area contributed by atoms with Gasteiger partial charge >= 0.3 is 6.09 Å². The molecule has 1 atom stereocenters. The van der Waals surface area contributed by atoms with Crippen LogP contribution in [0.1, 0.15) is 11.9 Å². The summed E-state index contributed by atoms with van der Waals surface area (Å²) in [7, 11) is 2.64. The largest absolute Gasteiger partial charge is 0.484 e. The molecule has 1 fully saturated rings. The van der Waals surface area contributed by atoms with E-state index >= 15 is 0 Å². The van der Waals surface area contributed by atoms with Gasteiger partial charge in [0.1, 0.15) is 5.75 Å². The van der Waals surface area contributed by atoms with Crippen LogP contribution in [0.4, 0.5) is 4.79 Å². The molecular weight excluding hydrogens is 396 g/mol. The monoisotopic (exact) mass is 418 g/mol. The van der Waals surface area contributed by atoms with Gasteiger partial charge < -0.3 is 18.4 Å². The van der Waals surface area contributed by atoms with E-state index in [-0.39, 0.29) is 24.2 Å². The third kappa shape index (κ3) is 7.11. The van der Waals surface area contributed by atoms with Crippen molar-refractivity contribution in [2.45, 2.75) is 6.29 Å². The minimum absolute atomic E-state index is 0.0427. The van der Waals surface area contributed by atoms with Gasteiger partial charge in [-0.1, -0.05) is 30.3 Å². The average Bonchev–Trinajstić information content (AvgIpc) is 2.72. The third-order valence-corrected chi connectivity index (χ3v) is 5.06. The first kappa shape index (κ1) is 21.6. The van der Waals surface area contributed by atoms with Crippen LogP contribution < -0.4 is 0 Å². The fourth-order valence-electron chi connectivity index (χ4n) is 1.98. The summed E-state index contributed by atoms with van der Waals surface area (Å²) >= 11 is -1.29. The zero-order chi connectivity index (χ0) is 19.6. The number of rotatable bonds is 8. The predicted octanol–water partition coefficient (Wildman–Crippen LogP) is 2.28. The van der Waals surface area contributed by atoms with Crippen molar-refractivity contribution in [1.29, 1.82) is 5.41 Å². The molecule has 0 radical (unpaired) electrons. The summed E-state index contributed by atoms with van der Waals surface area (Å²) in [6.07, 6.45) is -1.27. The van der Waals surface area contributed by atoms with E-state index in [4.69, 9.17) is 23.2 Å². The molecule has 0 saturated carbocycles. The van der Waals surface area contributed by atoms with Crippen molar-refractivity contribution in [3.8, 4) is 0 Å². The van der Waals surface area contributed by atoms with Crippen LogP contribution in [0.3, 0.4) is 0 Å². The molecule has 0 aromatic heterocycles. The Morgan fingerprint density at radius 3 is 2.63 bits per heavy atom. The molecule has 1 N–H and O–H groups in total. The number of carbonyl (C=O) groups is 1. The van der Waals surface area contributed by atoms with E-state index < -0.39 is 23.6 Å². The molecule has 2 rings (SSSR count). The van der Waals surface area contributed by atoms with Gasteiger partial charge in [0, 0.05) is 18.5 Å². The molecule has 1 aliphatic rings. The molecule has 11 heteroatoms. The molecule has 1 amide bonds. The van der Waals surface area contributed by atoms with E-state index in [9.17, 15) is 9.00 Å². The van der Waals surface area contributed by atoms with Crippen molar-refractivity contribution in [2.24, 2.45) is 5.92 Å². The molecule has 1 unspecified atom stereocenters. The fraction of sp³-hybridized carbons (Fsp3) is 0.500. The lowest BCUT2D eigenvalue weighted by atomic mass is 10.1. The number of nitrogens with zero attached hydrogens (tertiary/aromatic N) is 1. The Balaban J connectivity index is 1.66. The normalized spacial score (nSPS) is 20.5. The Bertz CT molecular complexity index is 639. The minimum atomic E-state index is -2.01. The van der Waals surface area contributed by atoms with Gasteiger partial charge in [-0.2, -0.15) is 0 Å². The van der Waals surface area contributed by atoms with Gasteiger partial charge in [-0.3, -0.25) is 9.59 Å². The number of hydrogen-bond donors (Lipinski definition) is 1. The second-order valence-corrected chi connectivity index (χ2v) is 7.42. The van der Waals surface area contributed by atoms with Crippen molar-refractivity contribution in [3.05, 3.63) is 35.9 Å². The first-order valence-electron chi connectivity index (χ1n) is 8.03. The second kappa shape index (κ2) is 11.2. The van der Waals surface area contributed by atoms with Crippen molar-refractivity contribution >= 4 is 35.3 Å². The topological polar surface area (TPSA) is 107 Å². The zero-order valence-electron chi connectivity index (χ0n) is 15.0. The smallest absolute Gasteiger partial charge is 0.435 e. The van der Waals surface area contributed by atoms with Gasteiger partial charge in [0.25, 0.3) is 11.3 Å². The molecule has 27 heavy (non-hydrogen) atoms. The second-order valence-electron chi connectivity index (χ2n) is 5.51. The van der Waals surface area contributed by atoms with E-state index in [2.05, 4.69) is 4.74 Å². The van der Waals surface area contributed by atoms with Crippen molar-refractivity contribution in [1.82, 2.24) is 4.31 Å². The molecule has 9 nitrogen and oxygen atoms in total. The van der Waals surface area contributed by atoms with Crippen molar-refractivity contribution in [3.63, 3.8) is 0 Å². The van der Waals surface area contributed by atoms with Crippen LogP contribution in [0.15, 0.2) is 30.3 Å². The molecule has 0 aliphatic carbocycles. The highest BCUT2D eigenvalue weighted by Crippen LogP contribution is 2.25. The Hall–Kier alpha value is -1.66. The van der Waals surface area contributed by atoms with Gasteiger partial charge in [0.05, 0.1) is 39.0 Å². The molecule has 1 saturated heterocycles. The Kier molecular flexibility index (Phi) is 9.01. The number of carbonyl (C=O) groups excluding carboxylic acids is 1. The number of hydrogen-bond acceptors (Lipinski definition) is 9. The van der Waals surface area contributed by atoms with Gasteiger partial charge in [0.2, 0.25) is 0 Å². The Morgan fingerprint density at radius 1 is 1.33 bits per heavy atom. The van der Waals surface area contributed by atoms with Crippen molar-refractivity contribution < 1.29 is 31.6 Å². The molecule has 1 aromatic rings. The van der Waals surface area contributed by atoms with Crippen LogP contribution in [0.5, 0.6) is 0 Å². The highest BCUT2D eigenvalue weighted by Gasteiger charge is 2.26. The van der Waals surface area contributed by atoms with Crippen LogP contribution in [-0.2, 0) is 33.8 Å². The minimum Gasteiger partial charge on any atom is -0.484 e. The average molecular weight is 418 g/mol. The van der Waals surface area contributed by atoms with E-state index in [0.29, 0.717) is 25.3 Å². The summed E-state index contributed by atoms with van der Waals surface area (Å²) in [5, 5.41) is 7.27. The highest BCUT2D eigenvalue weighted by molar-refractivity contribution is 7.95. The summed E-state index contributed by atoms with van der Waals surface area (Å²) in [6, 6.07) is 9.57. The highest BCUT2D eigenvalue weighted by atomic mass is 32.2. The lowest BCUT2D eigenvalue weighted by Crippen LogP contribution is -2.34. The van der Waals surface area contributed by atoms with Gasteiger partial charge in [-0.05, 0) is 0 Å². The Morgan fingerprint density at radius 2 is 2.00 bits per heavy atom. The molecule has 150 valence electrons. The number of benzene rings is 1. The number of amides is 1. The predicted molar refractivity (Wildman–Crippen MR) is 100 cm³/mol. The molecule has 1 heterocycles. The molecule has 0 bridgehead atoms. The summed E-state index contributed by atoms with van der Waals surface area (Å²) in [6.45, 7) is 0.882. The molecule has 1 aliphatic heterocycles. The summed E-state index contributed by atoms with van der Waals surface area (Å²) in [5.41, 5.74) is 0.932. The van der Waals surface area contributed by atoms with Crippen LogP contribution in [-0.4, -0.2) is 60.2 Å². The zero-order valence-corrected chi connectivity index (χ0v) is 16.6. The summed E-state index contributed by atoms with van der Waals surface area (Å²) in [5.74, 6) is -0.0862. The van der Waals surface area contributed by atoms with Crippen molar-refractivity contribution in [2.75, 3.05) is 39.7 Å². The first-order chi connectivity index (χ1) is 13.0. The summed E-state index contributed by atoms with van der Waals surface area (Å²) in [4.78, 5) is 11.8. The van der Waals surface area contributed by atoms with Crippen LogP contribution in [0, 0.1) is 11.3 Å². The lowest BCUT2D eigenvalue weighted by Gasteiger charge is -2.29. The van der Waals surface area contributed by atoms with Gasteiger partial charge in [-0.15, -0.1) is 0 Å². The van der Waals surface area contributed by atoms with E-state index in [1.165, 1.54) is 14.2 Å². The number of methoxy groups -OCH3 is 1. The maximum atomic E-state index is 12.0. The fourth-order valence-corrected chi connectivity index (χ4v) is 3.15. The van der Waals surface area contributed by atoms with E-state index in [1.807, 2.05) is 30.3 Å². The Labute approximate surface area is 164 Å². The standard InChI is InChI=1S/C16H22N2O7S2/c1-18(16(19)25-26-11-14(17)21-2)27(20)24-10-12-8-22-15(23-9-12)13-6-4-3-5-7-13/h3-7,12,15,17H,8-11H2,1-2H3.